The Bertz CT molecular complexity index is 1620. The number of fused-ring (bicyclic) bond motifs is 1. The van der Waals surface area contributed by atoms with Gasteiger partial charge in [-0.1, -0.05) is 12.1 Å². The average Bonchev–Trinajstić information content (AvgIpc) is 3.64. The van der Waals surface area contributed by atoms with Crippen LogP contribution < -0.4 is 15.4 Å². The van der Waals surface area contributed by atoms with Gasteiger partial charge in [-0.25, -0.2) is 18.1 Å². The Labute approximate surface area is 263 Å². The Balaban J connectivity index is 1.38. The van der Waals surface area contributed by atoms with E-state index < -0.39 is 42.5 Å². The summed E-state index contributed by atoms with van der Waals surface area (Å²) in [5.41, 5.74) is 3.52. The minimum absolute atomic E-state index is 0.108. The topological polar surface area (TPSA) is 109 Å². The Morgan fingerprint density at radius 3 is 2.33 bits per heavy atom. The largest absolute Gasteiger partial charge is 0.471 e. The fraction of sp³-hybridized carbons (Fsp3) is 0.562. The fourth-order valence-electron chi connectivity index (χ4n) is 6.19. The average molecular weight is 652 g/mol. The molecule has 2 aromatic heterocycles. The lowest BCUT2D eigenvalue weighted by molar-refractivity contribution is -0.737. The third-order valence-electron chi connectivity index (χ3n) is 8.89. The van der Waals surface area contributed by atoms with Gasteiger partial charge >= 0.3 is 12.1 Å². The zero-order valence-electron chi connectivity index (χ0n) is 26.6. The number of rotatable bonds is 9. The van der Waals surface area contributed by atoms with Gasteiger partial charge in [0.25, 0.3) is 12.3 Å². The molecule has 0 bridgehead atoms. The number of carbonyl (C=O) groups is 2. The zero-order chi connectivity index (χ0) is 33.6. The molecule has 0 unspecified atom stereocenters. The van der Waals surface area contributed by atoms with Gasteiger partial charge in [0.15, 0.2) is 12.3 Å². The molecule has 1 aliphatic carbocycles. The quantitative estimate of drug-likeness (QED) is 0.135. The number of halogens is 5. The maximum Gasteiger partial charge on any atom is 0.391 e. The van der Waals surface area contributed by atoms with Crippen LogP contribution in [-0.4, -0.2) is 69.6 Å². The van der Waals surface area contributed by atoms with E-state index in [1.807, 2.05) is 46.8 Å². The number of aryl methyl sites for hydroxylation is 1. The second-order valence-electron chi connectivity index (χ2n) is 13.5. The first-order valence-electron chi connectivity index (χ1n) is 15.4. The number of imidazole rings is 1. The van der Waals surface area contributed by atoms with Crippen molar-refractivity contribution in [3.63, 3.8) is 0 Å². The molecule has 1 saturated heterocycles. The standard InChI is InChI=1S/C32H39F5N6O3/c1-17-6-7-19(15-43(12-13-43)29(45)31(3,4)5)18(2)25(17)40-30-39-23-14-22(28(41-26(23)42-30)46-16-24(33)34)27(44)38-21-10-8-20(9-11-21)32(35,36)37/h6-7,14,20-21,24H,8-13,15-16H2,1-5H3,(H2-,38,39,40,41,42,44)/p+1. The minimum atomic E-state index is -4.28. The molecule has 1 saturated carbocycles. The van der Waals surface area contributed by atoms with Crippen LogP contribution in [0.4, 0.5) is 33.6 Å². The molecular weight excluding hydrogens is 611 g/mol. The van der Waals surface area contributed by atoms with Crippen molar-refractivity contribution in [1.82, 2.24) is 20.3 Å². The fourth-order valence-corrected chi connectivity index (χ4v) is 6.19. The van der Waals surface area contributed by atoms with Crippen LogP contribution in [0.3, 0.4) is 0 Å². The van der Waals surface area contributed by atoms with Crippen molar-refractivity contribution in [2.75, 3.05) is 25.0 Å². The summed E-state index contributed by atoms with van der Waals surface area (Å²) < 4.78 is 70.9. The lowest BCUT2D eigenvalue weighted by Crippen LogP contribution is -2.41. The number of hydrogen-bond acceptors (Lipinski definition) is 6. The van der Waals surface area contributed by atoms with E-state index in [2.05, 4.69) is 25.6 Å². The summed E-state index contributed by atoms with van der Waals surface area (Å²) >= 11 is 0. The highest BCUT2D eigenvalue weighted by Crippen LogP contribution is 2.38. The second kappa shape index (κ2) is 12.4. The molecule has 0 atom stereocenters. The highest BCUT2D eigenvalue weighted by atomic mass is 19.4. The molecule has 1 aliphatic heterocycles. The Hall–Kier alpha value is -3.81. The van der Waals surface area contributed by atoms with Gasteiger partial charge < -0.3 is 20.4 Å². The second-order valence-corrected chi connectivity index (χ2v) is 13.5. The minimum Gasteiger partial charge on any atom is -0.471 e. The molecular formula is C32H40F5N6O3+. The van der Waals surface area contributed by atoms with Gasteiger partial charge in [-0.2, -0.15) is 23.1 Å². The lowest BCUT2D eigenvalue weighted by atomic mass is 9.85. The number of aromatic amines is 1. The number of benzene rings is 1. The SMILES string of the molecule is Cc1ccc(C[N+]2(C(=O)C(C)(C)C)CC2)c(C)c1Nc1nc2nc(OCC(F)F)c(C(=O)NC3CCC(C(F)(F)F)CC3)cc2[nH]1. The third kappa shape index (κ3) is 7.26. The van der Waals surface area contributed by atoms with Gasteiger partial charge in [0.1, 0.15) is 25.2 Å². The zero-order valence-corrected chi connectivity index (χ0v) is 26.6. The molecule has 0 radical (unpaired) electrons. The monoisotopic (exact) mass is 651 g/mol. The predicted molar refractivity (Wildman–Crippen MR) is 162 cm³/mol. The first-order chi connectivity index (χ1) is 21.5. The van der Waals surface area contributed by atoms with Crippen LogP contribution in [0.5, 0.6) is 5.88 Å². The molecule has 14 heteroatoms. The summed E-state index contributed by atoms with van der Waals surface area (Å²) in [6, 6.07) is 4.88. The van der Waals surface area contributed by atoms with Crippen molar-refractivity contribution >= 4 is 34.6 Å². The van der Waals surface area contributed by atoms with Crippen LogP contribution in [0.1, 0.15) is 73.5 Å². The third-order valence-corrected chi connectivity index (χ3v) is 8.89. The molecule has 46 heavy (non-hydrogen) atoms. The number of pyridine rings is 1. The van der Waals surface area contributed by atoms with Crippen LogP contribution in [0.15, 0.2) is 18.2 Å². The van der Waals surface area contributed by atoms with Crippen LogP contribution in [0.2, 0.25) is 0 Å². The Kier molecular flexibility index (Phi) is 9.06. The van der Waals surface area contributed by atoms with Crippen molar-refractivity contribution in [1.29, 1.82) is 0 Å². The number of alkyl halides is 5. The molecule has 1 aromatic carbocycles. The summed E-state index contributed by atoms with van der Waals surface area (Å²) in [5.74, 6) is -1.96. The number of H-pyrrole nitrogens is 1. The Morgan fingerprint density at radius 2 is 1.74 bits per heavy atom. The van der Waals surface area contributed by atoms with Gasteiger partial charge in [-0.05, 0) is 77.5 Å². The van der Waals surface area contributed by atoms with E-state index in [1.165, 1.54) is 6.07 Å². The van der Waals surface area contributed by atoms with Gasteiger partial charge in [-0.15, -0.1) is 0 Å². The molecule has 3 aromatic rings. The van der Waals surface area contributed by atoms with Gasteiger partial charge in [-0.3, -0.25) is 4.79 Å². The van der Waals surface area contributed by atoms with E-state index in [9.17, 15) is 31.5 Å². The highest BCUT2D eigenvalue weighted by molar-refractivity contribution is 5.99. The number of hydrogen-bond donors (Lipinski definition) is 3. The van der Waals surface area contributed by atoms with E-state index in [0.717, 1.165) is 35.5 Å². The molecule has 5 rings (SSSR count). The van der Waals surface area contributed by atoms with E-state index in [4.69, 9.17) is 4.74 Å². The number of carbonyl (C=O) groups excluding carboxylic acids is 2. The van der Waals surface area contributed by atoms with Crippen LogP contribution >= 0.6 is 0 Å². The number of anilines is 2. The first kappa shape index (κ1) is 33.6. The van der Waals surface area contributed by atoms with Crippen LogP contribution in [-0.2, 0) is 11.3 Å². The van der Waals surface area contributed by atoms with E-state index in [0.29, 0.717) is 16.5 Å². The summed E-state index contributed by atoms with van der Waals surface area (Å²) in [6.07, 6.45) is -7.05. The smallest absolute Gasteiger partial charge is 0.391 e. The number of amides is 2. The number of aromatic nitrogens is 3. The van der Waals surface area contributed by atoms with E-state index >= 15 is 0 Å². The molecule has 2 aliphatic rings. The summed E-state index contributed by atoms with van der Waals surface area (Å²) in [7, 11) is 0. The first-order valence-corrected chi connectivity index (χ1v) is 15.4. The van der Waals surface area contributed by atoms with Gasteiger partial charge in [0.2, 0.25) is 11.8 Å². The molecule has 250 valence electrons. The van der Waals surface area contributed by atoms with E-state index in [-0.39, 0.29) is 54.6 Å². The van der Waals surface area contributed by atoms with Gasteiger partial charge in [0, 0.05) is 17.3 Å². The highest BCUT2D eigenvalue weighted by Gasteiger charge is 2.54. The maximum absolute atomic E-state index is 13.2. The normalized spacial score (nSPS) is 19.7. The molecule has 2 amide bonds. The summed E-state index contributed by atoms with van der Waals surface area (Å²) in [6.45, 7) is 10.8. The van der Waals surface area contributed by atoms with Crippen molar-refractivity contribution in [2.45, 2.75) is 85.5 Å². The van der Waals surface area contributed by atoms with Crippen molar-refractivity contribution in [3.05, 3.63) is 40.5 Å². The van der Waals surface area contributed by atoms with Crippen LogP contribution in [0.25, 0.3) is 11.2 Å². The number of nitrogens with one attached hydrogen (secondary N) is 3. The van der Waals surface area contributed by atoms with Crippen molar-refractivity contribution in [2.24, 2.45) is 11.3 Å². The van der Waals surface area contributed by atoms with E-state index in [1.54, 1.807) is 0 Å². The molecule has 3 heterocycles. The maximum atomic E-state index is 13.2. The van der Waals surface area contributed by atoms with Crippen molar-refractivity contribution in [3.8, 4) is 5.88 Å². The Morgan fingerprint density at radius 1 is 1.07 bits per heavy atom. The molecule has 9 nitrogen and oxygen atoms in total. The van der Waals surface area contributed by atoms with Crippen LogP contribution in [0, 0.1) is 25.2 Å². The predicted octanol–water partition coefficient (Wildman–Crippen LogP) is 6.72. The summed E-state index contributed by atoms with van der Waals surface area (Å²) in [4.78, 5) is 38.2. The number of ether oxygens (including phenoxy) is 1. The number of quaternary nitrogens is 1. The van der Waals surface area contributed by atoms with Gasteiger partial charge in [0.05, 0.1) is 16.8 Å². The summed E-state index contributed by atoms with van der Waals surface area (Å²) in [5, 5.41) is 6.00. The molecule has 2 fully saturated rings. The number of nitrogens with zero attached hydrogens (tertiary/aromatic N) is 3. The molecule has 0 spiro atoms. The van der Waals surface area contributed by atoms with Crippen molar-refractivity contribution < 1.29 is 40.8 Å². The molecule has 3 N–H and O–H groups in total. The lowest BCUT2D eigenvalue weighted by Gasteiger charge is -2.30.